The van der Waals surface area contributed by atoms with Crippen molar-refractivity contribution in [2.45, 2.75) is 57.4 Å². The topological polar surface area (TPSA) is 55.4 Å². The fourth-order valence-electron chi connectivity index (χ4n) is 3.39. The number of rotatable bonds is 5. The van der Waals surface area contributed by atoms with Crippen molar-refractivity contribution in [1.82, 2.24) is 5.32 Å². The fraction of sp³-hybridized carbons (Fsp3) is 0.667. The molecule has 2 unspecified atom stereocenters. The Morgan fingerprint density at radius 2 is 1.56 bits per heavy atom. The van der Waals surface area contributed by atoms with Crippen molar-refractivity contribution < 1.29 is 14.3 Å². The van der Waals surface area contributed by atoms with Gasteiger partial charge in [0.2, 0.25) is 5.91 Å². The molecule has 0 saturated heterocycles. The van der Waals surface area contributed by atoms with E-state index in [9.17, 15) is 9.59 Å². The van der Waals surface area contributed by atoms with Crippen molar-refractivity contribution in [3.05, 3.63) is 21.7 Å². The van der Waals surface area contributed by atoms with Gasteiger partial charge in [0.15, 0.2) is 0 Å². The Morgan fingerprint density at radius 3 is 2.16 bits per heavy atom. The van der Waals surface area contributed by atoms with E-state index >= 15 is 0 Å². The minimum absolute atomic E-state index is 0.0600. The zero-order valence-electron chi connectivity index (χ0n) is 14.1. The molecule has 1 saturated carbocycles. The van der Waals surface area contributed by atoms with Gasteiger partial charge >= 0.3 is 5.97 Å². The molecule has 0 aromatic heterocycles. The first-order chi connectivity index (χ1) is 12.0. The monoisotopic (exact) mass is 407 g/mol. The minimum Gasteiger partial charge on any atom is -0.460 e. The van der Waals surface area contributed by atoms with Crippen LogP contribution in [0, 0.1) is 11.8 Å². The smallest absolute Gasteiger partial charge is 0.310 e. The van der Waals surface area contributed by atoms with Crippen molar-refractivity contribution in [2.24, 2.45) is 11.8 Å². The number of ether oxygens (including phenoxy) is 1. The van der Waals surface area contributed by atoms with Gasteiger partial charge in [0.25, 0.3) is 0 Å². The third kappa shape index (κ3) is 6.50. The van der Waals surface area contributed by atoms with E-state index < -0.39 is 17.8 Å². The number of hydrogen-bond acceptors (Lipinski definition) is 3. The molecule has 0 bridgehead atoms. The predicted octanol–water partition coefficient (Wildman–Crippen LogP) is 4.84. The second-order valence-electron chi connectivity index (χ2n) is 6.63. The van der Waals surface area contributed by atoms with E-state index in [4.69, 9.17) is 39.5 Å². The van der Waals surface area contributed by atoms with Crippen molar-refractivity contribution in [3.8, 4) is 0 Å². The maximum atomic E-state index is 12.7. The number of amides is 1. The highest BCUT2D eigenvalue weighted by Gasteiger charge is 2.36. The summed E-state index contributed by atoms with van der Waals surface area (Å²) < 4.78 is 5.06. The first-order valence-electron chi connectivity index (χ1n) is 8.80. The molecule has 7 heteroatoms. The van der Waals surface area contributed by atoms with Crippen LogP contribution in [-0.2, 0) is 14.3 Å². The normalized spacial score (nSPS) is 24.3. The van der Waals surface area contributed by atoms with Gasteiger partial charge in [0, 0.05) is 6.04 Å². The lowest BCUT2D eigenvalue weighted by molar-refractivity contribution is -0.152. The van der Waals surface area contributed by atoms with Gasteiger partial charge in [-0.2, -0.15) is 0 Å². The molecule has 1 fully saturated rings. The third-order valence-electron chi connectivity index (χ3n) is 4.82. The Balaban J connectivity index is 1.94. The molecule has 25 heavy (non-hydrogen) atoms. The average Bonchev–Trinajstić information content (AvgIpc) is 2.87. The summed E-state index contributed by atoms with van der Waals surface area (Å²) in [6.07, 6.45) is 11.6. The van der Waals surface area contributed by atoms with Crippen molar-refractivity contribution in [1.29, 1.82) is 0 Å². The van der Waals surface area contributed by atoms with Crippen LogP contribution in [0.5, 0.6) is 0 Å². The van der Waals surface area contributed by atoms with Crippen LogP contribution in [0.1, 0.15) is 51.4 Å². The molecule has 1 N–H and O–H groups in total. The molecule has 0 aromatic rings. The van der Waals surface area contributed by atoms with Crippen LogP contribution in [0.3, 0.4) is 0 Å². The first-order valence-corrected chi connectivity index (χ1v) is 9.94. The van der Waals surface area contributed by atoms with Crippen LogP contribution in [0.4, 0.5) is 0 Å². The Labute approximate surface area is 163 Å². The number of halogens is 3. The summed E-state index contributed by atoms with van der Waals surface area (Å²) in [4.78, 5) is 25.1. The van der Waals surface area contributed by atoms with E-state index in [1.54, 1.807) is 0 Å². The van der Waals surface area contributed by atoms with Crippen LogP contribution >= 0.6 is 34.8 Å². The molecule has 0 spiro atoms. The minimum atomic E-state index is -0.505. The van der Waals surface area contributed by atoms with Crippen molar-refractivity contribution in [2.75, 3.05) is 6.61 Å². The Bertz CT molecular complexity index is 536. The van der Waals surface area contributed by atoms with E-state index in [0.717, 1.165) is 25.7 Å². The molecule has 0 aromatic carbocycles. The number of nitrogens with one attached hydrogen (secondary N) is 1. The van der Waals surface area contributed by atoms with E-state index in [1.165, 1.54) is 12.8 Å². The molecule has 2 aliphatic rings. The number of hydrogen-bond donors (Lipinski definition) is 1. The molecular weight excluding hydrogens is 385 g/mol. The fourth-order valence-corrected chi connectivity index (χ4v) is 3.56. The number of allylic oxidation sites excluding steroid dienone is 2. The summed E-state index contributed by atoms with van der Waals surface area (Å²) in [6, 6.07) is 0.213. The van der Waals surface area contributed by atoms with E-state index in [0.29, 0.717) is 12.8 Å². The average molecular weight is 409 g/mol. The summed E-state index contributed by atoms with van der Waals surface area (Å²) in [7, 11) is 0. The molecule has 2 atom stereocenters. The Kier molecular flexibility index (Phi) is 8.60. The molecule has 0 heterocycles. The van der Waals surface area contributed by atoms with Crippen molar-refractivity contribution >= 4 is 46.7 Å². The molecule has 0 radical (unpaired) electrons. The Hall–Kier alpha value is -0.710. The summed E-state index contributed by atoms with van der Waals surface area (Å²) in [6.45, 7) is -0.181. The summed E-state index contributed by atoms with van der Waals surface area (Å²) in [5.41, 5.74) is 0. The lowest BCUT2D eigenvalue weighted by Gasteiger charge is -2.28. The highest BCUT2D eigenvalue weighted by Crippen LogP contribution is 2.29. The van der Waals surface area contributed by atoms with Crippen LogP contribution in [0.2, 0.25) is 0 Å². The maximum absolute atomic E-state index is 12.7. The van der Waals surface area contributed by atoms with Gasteiger partial charge in [0.1, 0.15) is 11.1 Å². The molecule has 4 nitrogen and oxygen atoms in total. The first kappa shape index (κ1) is 20.6. The summed E-state index contributed by atoms with van der Waals surface area (Å²) in [5, 5.41) is 3.21. The van der Waals surface area contributed by atoms with E-state index in [1.807, 2.05) is 12.2 Å². The van der Waals surface area contributed by atoms with Crippen LogP contribution in [0.15, 0.2) is 21.7 Å². The second-order valence-corrected chi connectivity index (χ2v) is 8.03. The third-order valence-corrected chi connectivity index (χ3v) is 5.77. The lowest BCUT2D eigenvalue weighted by atomic mass is 9.82. The quantitative estimate of drug-likeness (QED) is 0.402. The van der Waals surface area contributed by atoms with Gasteiger partial charge in [0.05, 0.1) is 16.9 Å². The molecular formula is C18H24Cl3NO3. The van der Waals surface area contributed by atoms with Gasteiger partial charge in [-0.25, -0.2) is 0 Å². The van der Waals surface area contributed by atoms with E-state index in [-0.39, 0.29) is 28.1 Å². The van der Waals surface area contributed by atoms with Gasteiger partial charge in [-0.1, -0.05) is 72.6 Å². The molecule has 1 amide bonds. The Morgan fingerprint density at radius 1 is 0.960 bits per heavy atom. The summed E-state index contributed by atoms with van der Waals surface area (Å²) >= 11 is 16.9. The lowest BCUT2D eigenvalue weighted by Crippen LogP contribution is -2.43. The van der Waals surface area contributed by atoms with Gasteiger partial charge in [-0.05, 0) is 25.7 Å². The highest BCUT2D eigenvalue weighted by atomic mass is 35.5. The van der Waals surface area contributed by atoms with Crippen LogP contribution in [0.25, 0.3) is 0 Å². The van der Waals surface area contributed by atoms with Gasteiger partial charge in [-0.15, -0.1) is 0 Å². The molecule has 2 aliphatic carbocycles. The number of carbonyl (C=O) groups excluding carboxylic acids is 2. The molecule has 2 rings (SSSR count). The zero-order valence-corrected chi connectivity index (χ0v) is 16.4. The van der Waals surface area contributed by atoms with Gasteiger partial charge < -0.3 is 10.1 Å². The number of carbonyl (C=O) groups is 2. The van der Waals surface area contributed by atoms with E-state index in [2.05, 4.69) is 5.32 Å². The largest absolute Gasteiger partial charge is 0.460 e. The van der Waals surface area contributed by atoms with Crippen molar-refractivity contribution in [3.63, 3.8) is 0 Å². The standard InChI is InChI=1S/C18H24Cl3NO3/c19-15(16(20)21)11-25-18(24)14-10-6-5-9-13(14)17(23)22-12-7-3-1-2-4-8-12/h5-6,12-14H,1-4,7-11H2,(H,22,23). The maximum Gasteiger partial charge on any atom is 0.310 e. The predicted molar refractivity (Wildman–Crippen MR) is 101 cm³/mol. The number of esters is 1. The van der Waals surface area contributed by atoms with Crippen LogP contribution in [-0.4, -0.2) is 24.5 Å². The highest BCUT2D eigenvalue weighted by molar-refractivity contribution is 6.59. The zero-order chi connectivity index (χ0) is 18.2. The summed E-state index contributed by atoms with van der Waals surface area (Å²) in [5.74, 6) is -1.42. The SMILES string of the molecule is O=C(NC1CCCCCC1)C1CC=CCC1C(=O)OCC(Cl)=C(Cl)Cl. The van der Waals surface area contributed by atoms with Crippen LogP contribution < -0.4 is 5.32 Å². The second kappa shape index (κ2) is 10.4. The molecule has 140 valence electrons. The molecule has 0 aliphatic heterocycles. The van der Waals surface area contributed by atoms with Gasteiger partial charge in [-0.3, -0.25) is 9.59 Å².